The molecule has 0 radical (unpaired) electrons. The molecule has 2 N–H and O–H groups in total. The van der Waals surface area contributed by atoms with Crippen molar-refractivity contribution in [1.82, 2.24) is 15.1 Å². The summed E-state index contributed by atoms with van der Waals surface area (Å²) in [6.07, 6.45) is 3.55. The van der Waals surface area contributed by atoms with E-state index in [9.17, 15) is 9.18 Å². The number of halogens is 2. The summed E-state index contributed by atoms with van der Waals surface area (Å²) in [6, 6.07) is 11.3. The van der Waals surface area contributed by atoms with Gasteiger partial charge in [-0.15, -0.1) is 0 Å². The van der Waals surface area contributed by atoms with Gasteiger partial charge in [0, 0.05) is 49.7 Å². The Labute approximate surface area is 196 Å². The largest absolute Gasteiger partial charge is 0.492 e. The van der Waals surface area contributed by atoms with Crippen LogP contribution in [0, 0.1) is 5.82 Å². The van der Waals surface area contributed by atoms with E-state index in [1.165, 1.54) is 18.2 Å². The van der Waals surface area contributed by atoms with Crippen molar-refractivity contribution in [2.45, 2.75) is 18.9 Å². The van der Waals surface area contributed by atoms with Crippen LogP contribution < -0.4 is 15.4 Å². The maximum atomic E-state index is 13.5. The molecular weight excluding hydrogens is 447 g/mol. The van der Waals surface area contributed by atoms with E-state index in [1.54, 1.807) is 42.2 Å². The number of carbonyl (C=O) groups excluding carboxylic acids is 1. The number of rotatable bonds is 8. The summed E-state index contributed by atoms with van der Waals surface area (Å²) in [5.41, 5.74) is 2.13. The number of amides is 1. The minimum atomic E-state index is -0.469. The summed E-state index contributed by atoms with van der Waals surface area (Å²) in [5, 5.41) is 11.0. The SMILES string of the molecule is Cn1ncc(Cl)c1-c1cc(NC(=O)c2cccc(F)c2)ccc1OCCNC1CCOCC1. The number of nitrogens with one attached hydrogen (secondary N) is 2. The van der Waals surface area contributed by atoms with Gasteiger partial charge >= 0.3 is 0 Å². The molecule has 0 bridgehead atoms. The lowest BCUT2D eigenvalue weighted by Crippen LogP contribution is -2.37. The Kier molecular flexibility index (Phi) is 7.59. The van der Waals surface area contributed by atoms with Gasteiger partial charge in [-0.1, -0.05) is 17.7 Å². The molecule has 1 aliphatic heterocycles. The summed E-state index contributed by atoms with van der Waals surface area (Å²) >= 11 is 6.39. The first-order chi connectivity index (χ1) is 16.0. The highest BCUT2D eigenvalue weighted by atomic mass is 35.5. The van der Waals surface area contributed by atoms with Gasteiger partial charge < -0.3 is 20.1 Å². The molecular formula is C24H26ClFN4O3. The summed E-state index contributed by atoms with van der Waals surface area (Å²) in [5.74, 6) is -0.257. The lowest BCUT2D eigenvalue weighted by atomic mass is 10.1. The van der Waals surface area contributed by atoms with Gasteiger partial charge in [0.1, 0.15) is 18.2 Å². The third-order valence-electron chi connectivity index (χ3n) is 5.49. The molecule has 0 atom stereocenters. The molecule has 3 aromatic rings. The van der Waals surface area contributed by atoms with Crippen molar-refractivity contribution in [1.29, 1.82) is 0 Å². The average Bonchev–Trinajstić information content (AvgIpc) is 3.15. The van der Waals surface area contributed by atoms with Gasteiger partial charge in [0.2, 0.25) is 0 Å². The Morgan fingerprint density at radius 2 is 2.09 bits per heavy atom. The molecule has 1 amide bonds. The highest BCUT2D eigenvalue weighted by Crippen LogP contribution is 2.36. The Hall–Kier alpha value is -2.94. The fourth-order valence-electron chi connectivity index (χ4n) is 3.79. The van der Waals surface area contributed by atoms with Crippen LogP contribution in [0.15, 0.2) is 48.7 Å². The molecule has 33 heavy (non-hydrogen) atoms. The van der Waals surface area contributed by atoms with Gasteiger partial charge in [-0.05, 0) is 49.2 Å². The van der Waals surface area contributed by atoms with E-state index in [0.29, 0.717) is 46.9 Å². The molecule has 1 saturated heterocycles. The first kappa shape index (κ1) is 23.2. The average molecular weight is 473 g/mol. The van der Waals surface area contributed by atoms with Crippen molar-refractivity contribution in [3.8, 4) is 17.0 Å². The minimum Gasteiger partial charge on any atom is -0.492 e. The van der Waals surface area contributed by atoms with Crippen LogP contribution in [-0.4, -0.2) is 48.1 Å². The van der Waals surface area contributed by atoms with Crippen LogP contribution in [0.5, 0.6) is 5.75 Å². The smallest absolute Gasteiger partial charge is 0.255 e. The van der Waals surface area contributed by atoms with Gasteiger partial charge in [0.05, 0.1) is 16.9 Å². The topological polar surface area (TPSA) is 77.4 Å². The zero-order valence-corrected chi connectivity index (χ0v) is 19.1. The molecule has 9 heteroatoms. The zero-order valence-electron chi connectivity index (χ0n) is 18.3. The van der Waals surface area contributed by atoms with Crippen LogP contribution in [0.25, 0.3) is 11.3 Å². The Morgan fingerprint density at radius 1 is 1.27 bits per heavy atom. The van der Waals surface area contributed by atoms with E-state index in [4.69, 9.17) is 21.1 Å². The predicted molar refractivity (Wildman–Crippen MR) is 125 cm³/mol. The van der Waals surface area contributed by atoms with Crippen LogP contribution in [-0.2, 0) is 11.8 Å². The molecule has 1 fully saturated rings. The van der Waals surface area contributed by atoms with Crippen molar-refractivity contribution < 1.29 is 18.7 Å². The van der Waals surface area contributed by atoms with Crippen molar-refractivity contribution in [3.63, 3.8) is 0 Å². The highest BCUT2D eigenvalue weighted by Gasteiger charge is 2.17. The first-order valence-corrected chi connectivity index (χ1v) is 11.2. The van der Waals surface area contributed by atoms with Crippen molar-refractivity contribution in [3.05, 3.63) is 65.1 Å². The molecule has 0 unspecified atom stereocenters. The number of hydrogen-bond donors (Lipinski definition) is 2. The maximum Gasteiger partial charge on any atom is 0.255 e. The molecule has 1 aliphatic rings. The van der Waals surface area contributed by atoms with Crippen LogP contribution >= 0.6 is 11.6 Å². The second-order valence-electron chi connectivity index (χ2n) is 7.83. The number of nitrogens with zero attached hydrogens (tertiary/aromatic N) is 2. The standard InChI is InChI=1S/C24H26ClFN4O3/c1-30-23(21(25)15-28-30)20-14-19(29-24(31)16-3-2-4-17(26)13-16)5-6-22(20)33-12-9-27-18-7-10-32-11-8-18/h2-6,13-15,18,27H,7-12H2,1H3,(H,29,31). The van der Waals surface area contributed by atoms with Gasteiger partial charge in [0.25, 0.3) is 5.91 Å². The summed E-state index contributed by atoms with van der Waals surface area (Å²) in [7, 11) is 1.79. The fourth-order valence-corrected chi connectivity index (χ4v) is 4.06. The predicted octanol–water partition coefficient (Wildman–Crippen LogP) is 4.28. The highest BCUT2D eigenvalue weighted by molar-refractivity contribution is 6.33. The van der Waals surface area contributed by atoms with E-state index < -0.39 is 11.7 Å². The van der Waals surface area contributed by atoms with E-state index in [2.05, 4.69) is 15.7 Å². The third kappa shape index (κ3) is 5.90. The summed E-state index contributed by atoms with van der Waals surface area (Å²) in [4.78, 5) is 12.6. The number of aryl methyl sites for hydroxylation is 1. The lowest BCUT2D eigenvalue weighted by Gasteiger charge is -2.23. The van der Waals surface area contributed by atoms with Crippen LogP contribution in [0.2, 0.25) is 5.02 Å². The molecule has 0 spiro atoms. The van der Waals surface area contributed by atoms with Crippen molar-refractivity contribution in [2.75, 3.05) is 31.7 Å². The van der Waals surface area contributed by atoms with Gasteiger partial charge in [-0.3, -0.25) is 9.48 Å². The maximum absolute atomic E-state index is 13.5. The number of anilines is 1. The molecule has 2 heterocycles. The number of carbonyl (C=O) groups is 1. The Morgan fingerprint density at radius 3 is 2.82 bits per heavy atom. The van der Waals surface area contributed by atoms with Gasteiger partial charge in [-0.25, -0.2) is 4.39 Å². The lowest BCUT2D eigenvalue weighted by molar-refractivity contribution is 0.0770. The molecule has 2 aromatic carbocycles. The Balaban J connectivity index is 1.50. The molecule has 0 saturated carbocycles. The first-order valence-electron chi connectivity index (χ1n) is 10.8. The van der Waals surface area contributed by atoms with Crippen LogP contribution in [0.4, 0.5) is 10.1 Å². The van der Waals surface area contributed by atoms with Gasteiger partial charge in [-0.2, -0.15) is 5.10 Å². The normalized spacial score (nSPS) is 14.3. The quantitative estimate of drug-likeness (QED) is 0.478. The fraction of sp³-hybridized carbons (Fsp3) is 0.333. The number of hydrogen-bond acceptors (Lipinski definition) is 5. The number of benzene rings is 2. The summed E-state index contributed by atoms with van der Waals surface area (Å²) < 4.78 is 26.6. The molecule has 174 valence electrons. The van der Waals surface area contributed by atoms with Gasteiger partial charge in [0.15, 0.2) is 0 Å². The molecule has 0 aliphatic carbocycles. The van der Waals surface area contributed by atoms with E-state index in [1.807, 2.05) is 0 Å². The second kappa shape index (κ2) is 10.8. The third-order valence-corrected chi connectivity index (χ3v) is 5.76. The zero-order chi connectivity index (χ0) is 23.2. The number of ether oxygens (including phenoxy) is 2. The Bertz CT molecular complexity index is 1100. The van der Waals surface area contributed by atoms with Crippen LogP contribution in [0.1, 0.15) is 23.2 Å². The minimum absolute atomic E-state index is 0.231. The monoisotopic (exact) mass is 472 g/mol. The van der Waals surface area contributed by atoms with Crippen LogP contribution in [0.3, 0.4) is 0 Å². The second-order valence-corrected chi connectivity index (χ2v) is 8.24. The van der Waals surface area contributed by atoms with E-state index in [0.717, 1.165) is 26.1 Å². The molecule has 7 nitrogen and oxygen atoms in total. The van der Waals surface area contributed by atoms with Crippen molar-refractivity contribution >= 4 is 23.2 Å². The van der Waals surface area contributed by atoms with Crippen molar-refractivity contribution in [2.24, 2.45) is 7.05 Å². The van der Waals surface area contributed by atoms with E-state index >= 15 is 0 Å². The number of aromatic nitrogens is 2. The van der Waals surface area contributed by atoms with E-state index in [-0.39, 0.29) is 5.56 Å². The molecule has 1 aromatic heterocycles. The molecule has 4 rings (SSSR count). The summed E-state index contributed by atoms with van der Waals surface area (Å²) in [6.45, 7) is 2.73.